The van der Waals surface area contributed by atoms with E-state index in [1.807, 2.05) is 36.4 Å². The highest BCUT2D eigenvalue weighted by atomic mass is 16.6. The molecule has 0 saturated heterocycles. The van der Waals surface area contributed by atoms with E-state index in [2.05, 4.69) is 16.7 Å². The maximum Gasteiger partial charge on any atom is 0.408 e. The lowest BCUT2D eigenvalue weighted by atomic mass is 9.49. The molecule has 4 aliphatic rings. The number of ether oxygens (including phenoxy) is 1. The van der Waals surface area contributed by atoms with Crippen molar-refractivity contribution in [3.05, 3.63) is 71.2 Å². The molecule has 2 N–H and O–H groups in total. The van der Waals surface area contributed by atoms with Gasteiger partial charge in [0, 0.05) is 18.2 Å². The molecule has 7 nitrogen and oxygen atoms in total. The number of hydrogen-bond acceptors (Lipinski definition) is 4. The summed E-state index contributed by atoms with van der Waals surface area (Å²) in [6.45, 7) is 3.92. The molecule has 2 amide bonds. The fraction of sp³-hybridized carbons (Fsp3) is 0.536. The summed E-state index contributed by atoms with van der Waals surface area (Å²) in [5, 5.41) is 17.5. The molecule has 0 spiro atoms. The topological polar surface area (TPSA) is 94.4 Å². The average Bonchev–Trinajstić information content (AvgIpc) is 2.81. The molecule has 4 bridgehead atoms. The number of carbonyl (C=O) groups excluding carboxylic acids is 2. The SMILES string of the molecule is CC(C)(NC(=O)OC1C2CC3CC1CC(C2)C3c1ccc[n+]([O-])c1)C(=O)NCCc1ccccc1. The Bertz CT molecular complexity index is 1040. The van der Waals surface area contributed by atoms with E-state index >= 15 is 0 Å². The molecule has 7 heteroatoms. The number of amides is 2. The van der Waals surface area contributed by atoms with Crippen molar-refractivity contribution >= 4 is 12.0 Å². The fourth-order valence-electron chi connectivity index (χ4n) is 6.89. The van der Waals surface area contributed by atoms with Crippen LogP contribution >= 0.6 is 0 Å². The van der Waals surface area contributed by atoms with E-state index in [1.54, 1.807) is 20.0 Å². The molecule has 186 valence electrons. The summed E-state index contributed by atoms with van der Waals surface area (Å²) in [5.74, 6) is 1.98. The summed E-state index contributed by atoms with van der Waals surface area (Å²) >= 11 is 0. The minimum atomic E-state index is -1.06. The van der Waals surface area contributed by atoms with Crippen LogP contribution in [0.1, 0.15) is 56.6 Å². The van der Waals surface area contributed by atoms with E-state index in [0.717, 1.165) is 48.0 Å². The van der Waals surface area contributed by atoms with E-state index in [1.165, 1.54) is 6.20 Å². The minimum absolute atomic E-state index is 0.0967. The van der Waals surface area contributed by atoms with E-state index in [4.69, 9.17) is 4.74 Å². The van der Waals surface area contributed by atoms with Crippen molar-refractivity contribution in [2.24, 2.45) is 23.7 Å². The Kier molecular flexibility index (Phi) is 6.43. The van der Waals surface area contributed by atoms with E-state index in [-0.39, 0.29) is 12.0 Å². The number of benzene rings is 1. The Balaban J connectivity index is 1.13. The van der Waals surface area contributed by atoms with Crippen LogP contribution in [-0.2, 0) is 16.0 Å². The molecule has 1 aromatic heterocycles. The lowest BCUT2D eigenvalue weighted by Crippen LogP contribution is -2.58. The maximum atomic E-state index is 12.8. The zero-order chi connectivity index (χ0) is 24.6. The predicted octanol–water partition coefficient (Wildman–Crippen LogP) is 3.70. The highest BCUT2D eigenvalue weighted by molar-refractivity contribution is 5.89. The molecule has 0 atom stereocenters. The zero-order valence-corrected chi connectivity index (χ0v) is 20.5. The average molecular weight is 478 g/mol. The molecule has 6 rings (SSSR count). The van der Waals surface area contributed by atoms with E-state index < -0.39 is 11.6 Å². The van der Waals surface area contributed by atoms with Crippen LogP contribution in [0.25, 0.3) is 0 Å². The van der Waals surface area contributed by atoms with Gasteiger partial charge in [-0.1, -0.05) is 30.3 Å². The van der Waals surface area contributed by atoms with Crippen LogP contribution < -0.4 is 15.4 Å². The van der Waals surface area contributed by atoms with Crippen LogP contribution in [0.4, 0.5) is 4.79 Å². The predicted molar refractivity (Wildman–Crippen MR) is 131 cm³/mol. The van der Waals surface area contributed by atoms with Crippen LogP contribution in [0.5, 0.6) is 0 Å². The van der Waals surface area contributed by atoms with Gasteiger partial charge in [0.15, 0.2) is 12.4 Å². The van der Waals surface area contributed by atoms with Gasteiger partial charge in [0.05, 0.1) is 0 Å². The van der Waals surface area contributed by atoms with Crippen LogP contribution in [0.2, 0.25) is 0 Å². The zero-order valence-electron chi connectivity index (χ0n) is 20.5. The first-order valence-electron chi connectivity index (χ1n) is 12.8. The Morgan fingerprint density at radius 2 is 1.66 bits per heavy atom. The molecule has 1 aromatic carbocycles. The number of rotatable bonds is 7. The first kappa shape index (κ1) is 23.6. The summed E-state index contributed by atoms with van der Waals surface area (Å²) < 4.78 is 6.86. The third kappa shape index (κ3) is 5.00. The Hall–Kier alpha value is -3.09. The van der Waals surface area contributed by atoms with Crippen molar-refractivity contribution in [2.45, 2.75) is 63.5 Å². The molecule has 4 saturated carbocycles. The van der Waals surface area contributed by atoms with Gasteiger partial charge in [0.1, 0.15) is 11.6 Å². The number of nitrogens with zero attached hydrogens (tertiary/aromatic N) is 1. The Morgan fingerprint density at radius 1 is 1.00 bits per heavy atom. The molecular formula is C28H35N3O4. The third-order valence-corrected chi connectivity index (χ3v) is 8.32. The van der Waals surface area contributed by atoms with Crippen LogP contribution in [0, 0.1) is 28.9 Å². The second-order valence-electron chi connectivity index (χ2n) is 11.1. The summed E-state index contributed by atoms with van der Waals surface area (Å²) in [7, 11) is 0. The smallest absolute Gasteiger partial charge is 0.408 e. The third-order valence-electron chi connectivity index (χ3n) is 8.32. The lowest BCUT2D eigenvalue weighted by Gasteiger charge is -2.57. The van der Waals surface area contributed by atoms with Gasteiger partial charge in [-0.2, -0.15) is 4.73 Å². The quantitative estimate of drug-likeness (QED) is 0.470. The second kappa shape index (κ2) is 9.51. The summed E-state index contributed by atoms with van der Waals surface area (Å²) in [4.78, 5) is 25.5. The summed E-state index contributed by atoms with van der Waals surface area (Å²) in [6, 6.07) is 13.9. The summed E-state index contributed by atoms with van der Waals surface area (Å²) in [5.41, 5.74) is 1.24. The van der Waals surface area contributed by atoms with Crippen molar-refractivity contribution in [1.29, 1.82) is 0 Å². The molecule has 0 radical (unpaired) electrons. The largest absolute Gasteiger partial charge is 0.619 e. The van der Waals surface area contributed by atoms with Gasteiger partial charge in [0.25, 0.3) is 0 Å². The van der Waals surface area contributed by atoms with Crippen LogP contribution in [0.3, 0.4) is 0 Å². The monoisotopic (exact) mass is 477 g/mol. The van der Waals surface area contributed by atoms with Crippen molar-refractivity contribution in [3.63, 3.8) is 0 Å². The van der Waals surface area contributed by atoms with Gasteiger partial charge in [-0.05, 0) is 87.2 Å². The summed E-state index contributed by atoms with van der Waals surface area (Å²) in [6.07, 6.45) is 7.46. The number of aromatic nitrogens is 1. The Morgan fingerprint density at radius 3 is 2.29 bits per heavy atom. The highest BCUT2D eigenvalue weighted by Crippen LogP contribution is 2.60. The minimum Gasteiger partial charge on any atom is -0.619 e. The number of carbonyl (C=O) groups is 2. The van der Waals surface area contributed by atoms with Crippen LogP contribution in [-0.4, -0.2) is 30.2 Å². The van der Waals surface area contributed by atoms with Gasteiger partial charge in [-0.3, -0.25) is 4.79 Å². The first-order chi connectivity index (χ1) is 16.8. The number of alkyl carbamates (subject to hydrolysis) is 1. The highest BCUT2D eigenvalue weighted by Gasteiger charge is 2.55. The van der Waals surface area contributed by atoms with Crippen molar-refractivity contribution in [1.82, 2.24) is 10.6 Å². The normalized spacial score (nSPS) is 29.0. The fourth-order valence-corrected chi connectivity index (χ4v) is 6.89. The molecule has 4 fully saturated rings. The molecular weight excluding hydrogens is 442 g/mol. The molecule has 0 unspecified atom stereocenters. The second-order valence-corrected chi connectivity index (χ2v) is 11.1. The molecule has 1 heterocycles. The first-order valence-corrected chi connectivity index (χ1v) is 12.8. The van der Waals surface area contributed by atoms with Crippen molar-refractivity contribution < 1.29 is 19.1 Å². The van der Waals surface area contributed by atoms with Crippen molar-refractivity contribution in [2.75, 3.05) is 6.54 Å². The molecule has 35 heavy (non-hydrogen) atoms. The van der Waals surface area contributed by atoms with Gasteiger partial charge in [-0.15, -0.1) is 0 Å². The molecule has 4 aliphatic carbocycles. The van der Waals surface area contributed by atoms with Crippen LogP contribution in [0.15, 0.2) is 54.9 Å². The van der Waals surface area contributed by atoms with E-state index in [0.29, 0.717) is 36.1 Å². The Labute approximate surface area is 206 Å². The molecule has 2 aromatic rings. The maximum absolute atomic E-state index is 12.8. The van der Waals surface area contributed by atoms with Crippen molar-refractivity contribution in [3.8, 4) is 0 Å². The van der Waals surface area contributed by atoms with Gasteiger partial charge < -0.3 is 20.6 Å². The standard InChI is InChI=1S/C28H35N3O4/c1-28(2,26(32)29-11-10-18-7-4-3-5-8-18)30-27(33)35-25-22-13-20-14-23(25)16-21(15-22)24(20)19-9-6-12-31(34)17-19/h3-9,12,17,20-25H,10-11,13-16H2,1-2H3,(H,29,32)(H,30,33). The van der Waals surface area contributed by atoms with Gasteiger partial charge in [0.2, 0.25) is 5.91 Å². The lowest BCUT2D eigenvalue weighted by molar-refractivity contribution is -0.606. The van der Waals surface area contributed by atoms with Gasteiger partial charge in [-0.25, -0.2) is 4.79 Å². The van der Waals surface area contributed by atoms with E-state index in [9.17, 15) is 14.8 Å². The molecule has 0 aliphatic heterocycles. The number of hydrogen-bond donors (Lipinski definition) is 2. The van der Waals surface area contributed by atoms with Gasteiger partial charge >= 0.3 is 6.09 Å². The number of pyridine rings is 1. The number of nitrogens with one attached hydrogen (secondary N) is 2.